The lowest BCUT2D eigenvalue weighted by molar-refractivity contribution is 0.392. The summed E-state index contributed by atoms with van der Waals surface area (Å²) in [6.45, 7) is 5.23. The van der Waals surface area contributed by atoms with Crippen molar-refractivity contribution < 1.29 is 0 Å². The van der Waals surface area contributed by atoms with Crippen LogP contribution in [0, 0.1) is 0 Å². The molecule has 0 saturated carbocycles. The van der Waals surface area contributed by atoms with Crippen LogP contribution in [0.1, 0.15) is 19.5 Å². The van der Waals surface area contributed by atoms with Crippen LogP contribution in [0.25, 0.3) is 0 Å². The van der Waals surface area contributed by atoms with Gasteiger partial charge >= 0.3 is 0 Å². The monoisotopic (exact) mass is 208 g/mol. The van der Waals surface area contributed by atoms with Crippen LogP contribution in [0.5, 0.6) is 0 Å². The highest BCUT2D eigenvalue weighted by Crippen LogP contribution is 2.06. The molecule has 0 aliphatic heterocycles. The van der Waals surface area contributed by atoms with Crippen molar-refractivity contribution in [3.8, 4) is 0 Å². The summed E-state index contributed by atoms with van der Waals surface area (Å²) >= 11 is 0. The van der Waals surface area contributed by atoms with Crippen LogP contribution in [0.2, 0.25) is 0 Å². The molecule has 0 saturated heterocycles. The lowest BCUT2D eigenvalue weighted by atomic mass is 10.3. The summed E-state index contributed by atoms with van der Waals surface area (Å²) in [4.78, 5) is 10.5. The van der Waals surface area contributed by atoms with Crippen LogP contribution in [0.15, 0.2) is 12.4 Å². The third-order valence-electron chi connectivity index (χ3n) is 2.12. The van der Waals surface area contributed by atoms with Crippen LogP contribution in [0.3, 0.4) is 0 Å². The van der Waals surface area contributed by atoms with Crippen molar-refractivity contribution in [2.24, 2.45) is 0 Å². The molecule has 1 heterocycles. The van der Waals surface area contributed by atoms with Gasteiger partial charge < -0.3 is 10.2 Å². The molecule has 0 aliphatic carbocycles. The molecule has 15 heavy (non-hydrogen) atoms. The fraction of sp³-hybridized carbons (Fsp3) is 0.636. The standard InChI is InChI=1S/C11H20N4/c1-5-10-6-11(13-8-12-10)14-9(2)7-15(3)4/h6,8-9H,5,7H2,1-4H3,(H,12,13,14). The van der Waals surface area contributed by atoms with Gasteiger partial charge in [-0.25, -0.2) is 9.97 Å². The van der Waals surface area contributed by atoms with E-state index in [0.29, 0.717) is 6.04 Å². The molecule has 0 spiro atoms. The highest BCUT2D eigenvalue weighted by atomic mass is 15.1. The summed E-state index contributed by atoms with van der Waals surface area (Å²) in [5.74, 6) is 0.913. The summed E-state index contributed by atoms with van der Waals surface area (Å²) in [5.41, 5.74) is 1.07. The maximum absolute atomic E-state index is 4.19. The van der Waals surface area contributed by atoms with E-state index in [0.717, 1.165) is 24.5 Å². The van der Waals surface area contributed by atoms with E-state index >= 15 is 0 Å². The number of hydrogen-bond acceptors (Lipinski definition) is 4. The van der Waals surface area contributed by atoms with E-state index in [1.807, 2.05) is 6.07 Å². The number of aryl methyl sites for hydroxylation is 1. The van der Waals surface area contributed by atoms with Crippen molar-refractivity contribution >= 4 is 5.82 Å². The van der Waals surface area contributed by atoms with Gasteiger partial charge in [0.05, 0.1) is 0 Å². The highest BCUT2D eigenvalue weighted by molar-refractivity contribution is 5.35. The smallest absolute Gasteiger partial charge is 0.129 e. The lowest BCUT2D eigenvalue weighted by Crippen LogP contribution is -2.30. The average molecular weight is 208 g/mol. The van der Waals surface area contributed by atoms with Crippen LogP contribution in [-0.4, -0.2) is 41.5 Å². The Balaban J connectivity index is 2.55. The van der Waals surface area contributed by atoms with Crippen molar-refractivity contribution in [3.05, 3.63) is 18.1 Å². The predicted molar refractivity (Wildman–Crippen MR) is 63.0 cm³/mol. The lowest BCUT2D eigenvalue weighted by Gasteiger charge is -2.18. The Kier molecular flexibility index (Phi) is 4.49. The van der Waals surface area contributed by atoms with Crippen LogP contribution < -0.4 is 5.32 Å². The quantitative estimate of drug-likeness (QED) is 0.794. The van der Waals surface area contributed by atoms with E-state index in [-0.39, 0.29) is 0 Å². The zero-order chi connectivity index (χ0) is 11.3. The minimum absolute atomic E-state index is 0.389. The minimum atomic E-state index is 0.389. The van der Waals surface area contributed by atoms with E-state index < -0.39 is 0 Å². The highest BCUT2D eigenvalue weighted by Gasteiger charge is 2.04. The molecule has 0 amide bonds. The minimum Gasteiger partial charge on any atom is -0.366 e. The van der Waals surface area contributed by atoms with Crippen LogP contribution >= 0.6 is 0 Å². The third-order valence-corrected chi connectivity index (χ3v) is 2.12. The normalized spacial score (nSPS) is 12.9. The van der Waals surface area contributed by atoms with Crippen molar-refractivity contribution in [2.45, 2.75) is 26.3 Å². The second-order valence-electron chi connectivity index (χ2n) is 4.06. The summed E-state index contributed by atoms with van der Waals surface area (Å²) in [7, 11) is 4.13. The third kappa shape index (κ3) is 4.25. The molecule has 0 aromatic carbocycles. The van der Waals surface area contributed by atoms with Gasteiger partial charge in [0.15, 0.2) is 0 Å². The van der Waals surface area contributed by atoms with Gasteiger partial charge in [-0.3, -0.25) is 0 Å². The second kappa shape index (κ2) is 5.66. The van der Waals surface area contributed by atoms with Crippen molar-refractivity contribution in [1.29, 1.82) is 0 Å². The van der Waals surface area contributed by atoms with Gasteiger partial charge in [0, 0.05) is 24.3 Å². The molecule has 1 aromatic rings. The molecule has 1 aromatic heterocycles. The average Bonchev–Trinajstić information content (AvgIpc) is 2.16. The molecule has 0 aliphatic rings. The Morgan fingerprint density at radius 3 is 2.73 bits per heavy atom. The largest absolute Gasteiger partial charge is 0.366 e. The van der Waals surface area contributed by atoms with E-state index in [2.05, 4.69) is 48.1 Å². The number of hydrogen-bond donors (Lipinski definition) is 1. The first kappa shape index (κ1) is 11.9. The molecule has 1 atom stereocenters. The zero-order valence-corrected chi connectivity index (χ0v) is 9.99. The summed E-state index contributed by atoms with van der Waals surface area (Å²) in [5, 5.41) is 3.36. The molecule has 1 unspecified atom stereocenters. The van der Waals surface area contributed by atoms with Crippen LogP contribution in [0.4, 0.5) is 5.82 Å². The Morgan fingerprint density at radius 1 is 1.40 bits per heavy atom. The van der Waals surface area contributed by atoms with Gasteiger partial charge in [-0.1, -0.05) is 6.92 Å². The SMILES string of the molecule is CCc1cc(NC(C)CN(C)C)ncn1. The molecule has 0 bridgehead atoms. The first-order valence-corrected chi connectivity index (χ1v) is 5.34. The Labute approximate surface area is 91.7 Å². The van der Waals surface area contributed by atoms with Gasteiger partial charge in [0.25, 0.3) is 0 Å². The number of nitrogens with zero attached hydrogens (tertiary/aromatic N) is 3. The van der Waals surface area contributed by atoms with E-state index in [4.69, 9.17) is 0 Å². The van der Waals surface area contributed by atoms with Crippen molar-refractivity contribution in [1.82, 2.24) is 14.9 Å². The first-order valence-electron chi connectivity index (χ1n) is 5.34. The van der Waals surface area contributed by atoms with Gasteiger partial charge in [0.2, 0.25) is 0 Å². The zero-order valence-electron chi connectivity index (χ0n) is 9.99. The molecule has 4 heteroatoms. The number of nitrogens with one attached hydrogen (secondary N) is 1. The van der Waals surface area contributed by atoms with Crippen molar-refractivity contribution in [3.63, 3.8) is 0 Å². The van der Waals surface area contributed by atoms with Gasteiger partial charge in [0.1, 0.15) is 12.1 Å². The number of anilines is 1. The molecular formula is C11H20N4. The Bertz CT molecular complexity index is 298. The molecule has 84 valence electrons. The van der Waals surface area contributed by atoms with E-state index in [1.54, 1.807) is 6.33 Å². The number of aromatic nitrogens is 2. The summed E-state index contributed by atoms with van der Waals surface area (Å²) in [6.07, 6.45) is 2.56. The fourth-order valence-corrected chi connectivity index (χ4v) is 1.52. The molecule has 1 N–H and O–H groups in total. The first-order chi connectivity index (χ1) is 7.11. The molecule has 0 radical (unpaired) electrons. The second-order valence-corrected chi connectivity index (χ2v) is 4.06. The summed E-state index contributed by atoms with van der Waals surface area (Å²) in [6, 6.07) is 2.39. The fourth-order valence-electron chi connectivity index (χ4n) is 1.52. The summed E-state index contributed by atoms with van der Waals surface area (Å²) < 4.78 is 0. The topological polar surface area (TPSA) is 41.0 Å². The van der Waals surface area contributed by atoms with E-state index in [1.165, 1.54) is 0 Å². The maximum Gasteiger partial charge on any atom is 0.129 e. The molecule has 1 rings (SSSR count). The Morgan fingerprint density at radius 2 is 2.13 bits per heavy atom. The predicted octanol–water partition coefficient (Wildman–Crippen LogP) is 1.40. The van der Waals surface area contributed by atoms with E-state index in [9.17, 15) is 0 Å². The van der Waals surface area contributed by atoms with Crippen molar-refractivity contribution in [2.75, 3.05) is 26.0 Å². The Hall–Kier alpha value is -1.16. The molecular weight excluding hydrogens is 188 g/mol. The number of rotatable bonds is 5. The maximum atomic E-state index is 4.19. The van der Waals surface area contributed by atoms with Gasteiger partial charge in [-0.15, -0.1) is 0 Å². The molecule has 4 nitrogen and oxygen atoms in total. The van der Waals surface area contributed by atoms with Crippen LogP contribution in [-0.2, 0) is 6.42 Å². The van der Waals surface area contributed by atoms with Gasteiger partial charge in [-0.05, 0) is 27.4 Å². The van der Waals surface area contributed by atoms with Gasteiger partial charge in [-0.2, -0.15) is 0 Å². The number of likely N-dealkylation sites (N-methyl/N-ethyl adjacent to an activating group) is 1. The molecule has 0 fully saturated rings.